The predicted octanol–water partition coefficient (Wildman–Crippen LogP) is 4.30. The summed E-state index contributed by atoms with van der Waals surface area (Å²) in [5, 5.41) is 14.1. The molecule has 2 aromatic heterocycles. The first kappa shape index (κ1) is 14.8. The average Bonchev–Trinajstić information content (AvgIpc) is 3.17. The summed E-state index contributed by atoms with van der Waals surface area (Å²) in [6.07, 6.45) is -0.149. The van der Waals surface area contributed by atoms with Gasteiger partial charge in [-0.25, -0.2) is 0 Å². The average molecular weight is 336 g/mol. The van der Waals surface area contributed by atoms with E-state index in [1.807, 2.05) is 55.5 Å². The van der Waals surface area contributed by atoms with Crippen LogP contribution in [0, 0.1) is 6.92 Å². The zero-order chi connectivity index (χ0) is 16.5. The highest BCUT2D eigenvalue weighted by atomic mass is 32.1. The summed E-state index contributed by atoms with van der Waals surface area (Å²) < 4.78 is 7.75. The zero-order valence-electron chi connectivity index (χ0n) is 13.4. The second kappa shape index (κ2) is 6.05. The molecule has 120 valence electrons. The van der Waals surface area contributed by atoms with Gasteiger partial charge in [-0.15, -0.1) is 10.2 Å². The van der Waals surface area contributed by atoms with E-state index in [0.717, 1.165) is 32.7 Å². The Bertz CT molecular complexity index is 977. The van der Waals surface area contributed by atoms with Gasteiger partial charge in [0.1, 0.15) is 11.9 Å². The van der Waals surface area contributed by atoms with Crippen molar-refractivity contribution in [1.29, 1.82) is 0 Å². The molecule has 1 atom stereocenters. The fourth-order valence-electron chi connectivity index (χ4n) is 2.54. The minimum absolute atomic E-state index is 0.149. The molecule has 5 nitrogen and oxygen atoms in total. The van der Waals surface area contributed by atoms with Crippen LogP contribution in [0.15, 0.2) is 54.6 Å². The second-order valence-electron chi connectivity index (χ2n) is 5.55. The smallest absolute Gasteiger partial charge is 0.235 e. The number of hydrogen-bond donors (Lipinski definition) is 0. The molecule has 0 aliphatic carbocycles. The van der Waals surface area contributed by atoms with Crippen molar-refractivity contribution in [2.75, 3.05) is 0 Å². The summed E-state index contributed by atoms with van der Waals surface area (Å²) >= 11 is 1.50. The molecule has 24 heavy (non-hydrogen) atoms. The van der Waals surface area contributed by atoms with Gasteiger partial charge in [-0.3, -0.25) is 0 Å². The van der Waals surface area contributed by atoms with Crippen molar-refractivity contribution in [1.82, 2.24) is 19.8 Å². The van der Waals surface area contributed by atoms with Crippen LogP contribution in [-0.2, 0) is 0 Å². The Morgan fingerprint density at radius 1 is 1.00 bits per heavy atom. The van der Waals surface area contributed by atoms with Crippen molar-refractivity contribution >= 4 is 16.3 Å². The van der Waals surface area contributed by atoms with Crippen LogP contribution in [0.4, 0.5) is 0 Å². The lowest BCUT2D eigenvalue weighted by atomic mass is 10.1. The molecule has 0 saturated carbocycles. The highest BCUT2D eigenvalue weighted by Gasteiger charge is 2.18. The van der Waals surface area contributed by atoms with Crippen LogP contribution in [0.3, 0.4) is 0 Å². The number of para-hydroxylation sites is 1. The molecule has 0 amide bonds. The van der Waals surface area contributed by atoms with Crippen molar-refractivity contribution in [2.24, 2.45) is 0 Å². The van der Waals surface area contributed by atoms with Crippen LogP contribution < -0.4 is 4.74 Å². The van der Waals surface area contributed by atoms with Crippen LogP contribution in [0.5, 0.6) is 5.75 Å². The van der Waals surface area contributed by atoms with E-state index in [0.29, 0.717) is 0 Å². The summed E-state index contributed by atoms with van der Waals surface area (Å²) in [4.78, 5) is 0.770. The summed E-state index contributed by atoms with van der Waals surface area (Å²) in [6.45, 7) is 4.05. The Morgan fingerprint density at radius 3 is 2.54 bits per heavy atom. The molecular weight excluding hydrogens is 320 g/mol. The predicted molar refractivity (Wildman–Crippen MR) is 94.3 cm³/mol. The van der Waals surface area contributed by atoms with Crippen LogP contribution in [-0.4, -0.2) is 19.8 Å². The minimum atomic E-state index is -0.149. The van der Waals surface area contributed by atoms with Gasteiger partial charge in [0, 0.05) is 5.56 Å². The molecule has 4 rings (SSSR count). The van der Waals surface area contributed by atoms with Gasteiger partial charge < -0.3 is 4.74 Å². The quantitative estimate of drug-likeness (QED) is 0.557. The molecule has 2 heterocycles. The number of aryl methyl sites for hydroxylation is 1. The van der Waals surface area contributed by atoms with Crippen molar-refractivity contribution in [3.8, 4) is 17.1 Å². The van der Waals surface area contributed by atoms with Crippen LogP contribution in [0.2, 0.25) is 0 Å². The summed E-state index contributed by atoms with van der Waals surface area (Å²) in [5.41, 5.74) is 2.19. The van der Waals surface area contributed by atoms with Crippen LogP contribution in [0.1, 0.15) is 23.6 Å². The molecule has 2 aromatic carbocycles. The molecule has 0 aliphatic rings. The van der Waals surface area contributed by atoms with Gasteiger partial charge >= 0.3 is 0 Å². The maximum Gasteiger partial charge on any atom is 0.235 e. The van der Waals surface area contributed by atoms with Gasteiger partial charge in [-0.2, -0.15) is 9.61 Å². The highest BCUT2D eigenvalue weighted by Crippen LogP contribution is 2.28. The fraction of sp³-hybridized carbons (Fsp3) is 0.167. The molecule has 0 unspecified atom stereocenters. The number of hydrogen-bond acceptors (Lipinski definition) is 5. The molecule has 0 spiro atoms. The summed E-state index contributed by atoms with van der Waals surface area (Å²) in [7, 11) is 0. The SMILES string of the molecule is Cc1ccccc1-c1nnc2sc([C@H](C)Oc3ccccc3)nn12. The standard InChI is InChI=1S/C18H16N4OS/c1-12-8-6-7-11-15(12)16-19-20-18-22(16)21-17(24-18)13(2)23-14-9-4-3-5-10-14/h3-11,13H,1-2H3/t13-/m0/s1. The Labute approximate surface area is 143 Å². The molecule has 0 saturated heterocycles. The molecule has 0 bridgehead atoms. The van der Waals surface area contributed by atoms with Gasteiger partial charge in [-0.05, 0) is 31.5 Å². The van der Waals surface area contributed by atoms with Crippen LogP contribution in [0.25, 0.3) is 16.3 Å². The number of benzene rings is 2. The molecule has 0 fully saturated rings. The summed E-state index contributed by atoms with van der Waals surface area (Å²) in [5.74, 6) is 1.59. The van der Waals surface area contributed by atoms with Gasteiger partial charge in [0.05, 0.1) is 0 Å². The second-order valence-corrected chi connectivity index (χ2v) is 6.53. The Hall–Kier alpha value is -2.73. The summed E-state index contributed by atoms with van der Waals surface area (Å²) in [6, 6.07) is 17.9. The molecule has 6 heteroatoms. The van der Waals surface area contributed by atoms with Crippen molar-refractivity contribution in [3.63, 3.8) is 0 Å². The van der Waals surface area contributed by atoms with Gasteiger partial charge in [0.25, 0.3) is 0 Å². The van der Waals surface area contributed by atoms with Gasteiger partial charge in [-0.1, -0.05) is 53.8 Å². The lowest BCUT2D eigenvalue weighted by Gasteiger charge is -2.11. The maximum absolute atomic E-state index is 5.96. The first-order valence-corrected chi connectivity index (χ1v) is 8.54. The van der Waals surface area contributed by atoms with E-state index in [9.17, 15) is 0 Å². The lowest BCUT2D eigenvalue weighted by molar-refractivity contribution is 0.225. The largest absolute Gasteiger partial charge is 0.483 e. The minimum Gasteiger partial charge on any atom is -0.483 e. The molecule has 0 N–H and O–H groups in total. The number of fused-ring (bicyclic) bond motifs is 1. The van der Waals surface area contributed by atoms with E-state index in [4.69, 9.17) is 4.74 Å². The fourth-order valence-corrected chi connectivity index (χ4v) is 3.36. The number of rotatable bonds is 4. The van der Waals surface area contributed by atoms with Gasteiger partial charge in [0.2, 0.25) is 4.96 Å². The monoisotopic (exact) mass is 336 g/mol. The van der Waals surface area contributed by atoms with Gasteiger partial charge in [0.15, 0.2) is 10.8 Å². The Kier molecular flexibility index (Phi) is 3.74. The van der Waals surface area contributed by atoms with Crippen molar-refractivity contribution in [2.45, 2.75) is 20.0 Å². The number of nitrogens with zero attached hydrogens (tertiary/aromatic N) is 4. The van der Waals surface area contributed by atoms with Crippen molar-refractivity contribution in [3.05, 3.63) is 65.2 Å². The normalized spacial score (nSPS) is 12.4. The first-order chi connectivity index (χ1) is 11.7. The lowest BCUT2D eigenvalue weighted by Crippen LogP contribution is -2.04. The number of ether oxygens (including phenoxy) is 1. The van der Waals surface area contributed by atoms with E-state index in [1.165, 1.54) is 11.3 Å². The molecule has 4 aromatic rings. The van der Waals surface area contributed by atoms with Crippen LogP contribution >= 0.6 is 11.3 Å². The van der Waals surface area contributed by atoms with E-state index in [2.05, 4.69) is 28.3 Å². The zero-order valence-corrected chi connectivity index (χ0v) is 14.2. The first-order valence-electron chi connectivity index (χ1n) is 7.72. The molecule has 0 radical (unpaired) electrons. The van der Waals surface area contributed by atoms with E-state index < -0.39 is 0 Å². The molecule has 0 aliphatic heterocycles. The Balaban J connectivity index is 1.68. The third-order valence-electron chi connectivity index (χ3n) is 3.80. The van der Waals surface area contributed by atoms with E-state index >= 15 is 0 Å². The third kappa shape index (κ3) is 2.65. The molecular formula is C18H16N4OS. The third-order valence-corrected chi connectivity index (χ3v) is 4.86. The topological polar surface area (TPSA) is 52.3 Å². The number of aromatic nitrogens is 4. The maximum atomic E-state index is 5.96. The Morgan fingerprint density at radius 2 is 1.75 bits per heavy atom. The van der Waals surface area contributed by atoms with E-state index in [-0.39, 0.29) is 6.10 Å². The van der Waals surface area contributed by atoms with E-state index in [1.54, 1.807) is 4.52 Å². The van der Waals surface area contributed by atoms with Crippen molar-refractivity contribution < 1.29 is 4.74 Å². The highest BCUT2D eigenvalue weighted by molar-refractivity contribution is 7.16.